The van der Waals surface area contributed by atoms with Gasteiger partial charge in [0.25, 0.3) is 0 Å². The summed E-state index contributed by atoms with van der Waals surface area (Å²) in [5.41, 5.74) is 3.30. The SMILES string of the molecule is O=C(/C=C(\Nc1ccccc1)c1ccccc1)c1ccccc1Br. The molecular formula is C21H16BrNO. The molecule has 3 aromatic carbocycles. The summed E-state index contributed by atoms with van der Waals surface area (Å²) in [4.78, 5) is 12.7. The fraction of sp³-hybridized carbons (Fsp3) is 0. The van der Waals surface area contributed by atoms with Gasteiger partial charge in [-0.05, 0) is 29.8 Å². The molecule has 2 nitrogen and oxygen atoms in total. The Labute approximate surface area is 150 Å². The largest absolute Gasteiger partial charge is 0.355 e. The van der Waals surface area contributed by atoms with E-state index < -0.39 is 0 Å². The van der Waals surface area contributed by atoms with Gasteiger partial charge < -0.3 is 5.32 Å². The summed E-state index contributed by atoms with van der Waals surface area (Å²) in [6.07, 6.45) is 1.64. The van der Waals surface area contributed by atoms with E-state index in [4.69, 9.17) is 0 Å². The quantitative estimate of drug-likeness (QED) is 0.450. The average Bonchev–Trinajstić information content (AvgIpc) is 2.63. The first-order valence-electron chi connectivity index (χ1n) is 7.62. The normalized spacial score (nSPS) is 11.1. The van der Waals surface area contributed by atoms with Crippen LogP contribution in [0.2, 0.25) is 0 Å². The molecule has 0 saturated carbocycles. The minimum absolute atomic E-state index is 0.0511. The van der Waals surface area contributed by atoms with Crippen molar-refractivity contribution in [2.75, 3.05) is 5.32 Å². The molecule has 3 rings (SSSR count). The predicted octanol–water partition coefficient (Wildman–Crippen LogP) is 5.79. The number of anilines is 1. The number of halogens is 1. The molecule has 0 amide bonds. The van der Waals surface area contributed by atoms with Crippen LogP contribution >= 0.6 is 15.9 Å². The van der Waals surface area contributed by atoms with Gasteiger partial charge in [0.2, 0.25) is 0 Å². The van der Waals surface area contributed by atoms with Crippen LogP contribution in [0.25, 0.3) is 5.70 Å². The number of para-hydroxylation sites is 1. The molecule has 0 spiro atoms. The highest BCUT2D eigenvalue weighted by molar-refractivity contribution is 9.10. The van der Waals surface area contributed by atoms with E-state index in [-0.39, 0.29) is 5.78 Å². The van der Waals surface area contributed by atoms with E-state index in [1.165, 1.54) is 0 Å². The Bertz CT molecular complexity index is 857. The molecule has 0 saturated heterocycles. The predicted molar refractivity (Wildman–Crippen MR) is 103 cm³/mol. The van der Waals surface area contributed by atoms with Gasteiger partial charge in [-0.15, -0.1) is 0 Å². The van der Waals surface area contributed by atoms with Gasteiger partial charge in [0, 0.05) is 27.5 Å². The van der Waals surface area contributed by atoms with Gasteiger partial charge in [-0.1, -0.05) is 76.6 Å². The second-order valence-electron chi connectivity index (χ2n) is 5.26. The third-order valence-electron chi connectivity index (χ3n) is 3.55. The van der Waals surface area contributed by atoms with Crippen LogP contribution in [0.15, 0.2) is 95.5 Å². The minimum atomic E-state index is -0.0511. The van der Waals surface area contributed by atoms with Gasteiger partial charge in [-0.25, -0.2) is 0 Å². The van der Waals surface area contributed by atoms with Gasteiger partial charge in [-0.3, -0.25) is 4.79 Å². The maximum Gasteiger partial charge on any atom is 0.189 e. The van der Waals surface area contributed by atoms with Crippen LogP contribution in [0.5, 0.6) is 0 Å². The lowest BCUT2D eigenvalue weighted by atomic mass is 10.1. The number of ketones is 1. The van der Waals surface area contributed by atoms with Crippen LogP contribution in [0, 0.1) is 0 Å². The summed E-state index contributed by atoms with van der Waals surface area (Å²) in [5.74, 6) is -0.0511. The summed E-state index contributed by atoms with van der Waals surface area (Å²) < 4.78 is 0.790. The van der Waals surface area contributed by atoms with Gasteiger partial charge in [0.05, 0.1) is 0 Å². The van der Waals surface area contributed by atoms with E-state index in [1.807, 2.05) is 84.9 Å². The third kappa shape index (κ3) is 4.00. The van der Waals surface area contributed by atoms with Crippen molar-refractivity contribution in [3.8, 4) is 0 Å². The Morgan fingerprint density at radius 2 is 1.38 bits per heavy atom. The van der Waals surface area contributed by atoms with Crippen LogP contribution in [0.1, 0.15) is 15.9 Å². The van der Waals surface area contributed by atoms with Crippen molar-refractivity contribution >= 4 is 33.1 Å². The summed E-state index contributed by atoms with van der Waals surface area (Å²) in [6.45, 7) is 0. The molecule has 118 valence electrons. The monoisotopic (exact) mass is 377 g/mol. The Kier molecular flexibility index (Phi) is 5.24. The number of hydrogen-bond donors (Lipinski definition) is 1. The van der Waals surface area contributed by atoms with E-state index in [1.54, 1.807) is 6.08 Å². The number of carbonyl (C=O) groups excluding carboxylic acids is 1. The van der Waals surface area contributed by atoms with Gasteiger partial charge in [0.15, 0.2) is 5.78 Å². The number of hydrogen-bond acceptors (Lipinski definition) is 2. The molecule has 0 aromatic heterocycles. The third-order valence-corrected chi connectivity index (χ3v) is 4.24. The molecule has 0 aliphatic carbocycles. The van der Waals surface area contributed by atoms with Gasteiger partial charge in [0.1, 0.15) is 0 Å². The Balaban J connectivity index is 1.98. The van der Waals surface area contributed by atoms with Crippen LogP contribution in [0.4, 0.5) is 5.69 Å². The minimum Gasteiger partial charge on any atom is -0.355 e. The molecule has 3 aromatic rings. The smallest absolute Gasteiger partial charge is 0.189 e. The molecule has 24 heavy (non-hydrogen) atoms. The molecule has 0 atom stereocenters. The van der Waals surface area contributed by atoms with Crippen LogP contribution in [-0.2, 0) is 0 Å². The molecule has 3 heteroatoms. The summed E-state index contributed by atoms with van der Waals surface area (Å²) in [6, 6.07) is 27.1. The van der Waals surface area contributed by atoms with Crippen molar-refractivity contribution in [2.24, 2.45) is 0 Å². The molecular weight excluding hydrogens is 362 g/mol. The highest BCUT2D eigenvalue weighted by Gasteiger charge is 2.10. The molecule has 0 heterocycles. The molecule has 0 bridgehead atoms. The summed E-state index contributed by atoms with van der Waals surface area (Å²) >= 11 is 3.44. The number of benzene rings is 3. The number of nitrogens with one attached hydrogen (secondary N) is 1. The van der Waals surface area contributed by atoms with E-state index in [0.717, 1.165) is 21.4 Å². The molecule has 0 fully saturated rings. The van der Waals surface area contributed by atoms with Crippen LogP contribution in [-0.4, -0.2) is 5.78 Å². The van der Waals surface area contributed by atoms with E-state index in [9.17, 15) is 4.79 Å². The first-order chi connectivity index (χ1) is 11.7. The highest BCUT2D eigenvalue weighted by atomic mass is 79.9. The maximum absolute atomic E-state index is 12.7. The fourth-order valence-electron chi connectivity index (χ4n) is 2.36. The lowest BCUT2D eigenvalue weighted by Crippen LogP contribution is -2.04. The van der Waals surface area contributed by atoms with Gasteiger partial charge >= 0.3 is 0 Å². The van der Waals surface area contributed by atoms with Crippen LogP contribution < -0.4 is 5.32 Å². The van der Waals surface area contributed by atoms with E-state index in [2.05, 4.69) is 21.2 Å². The van der Waals surface area contributed by atoms with Crippen molar-refractivity contribution in [1.29, 1.82) is 0 Å². The summed E-state index contributed by atoms with van der Waals surface area (Å²) in [7, 11) is 0. The number of allylic oxidation sites excluding steroid dienone is 1. The van der Waals surface area contributed by atoms with Crippen molar-refractivity contribution in [1.82, 2.24) is 0 Å². The zero-order valence-corrected chi connectivity index (χ0v) is 14.5. The second kappa shape index (κ2) is 7.75. The Morgan fingerprint density at radius 3 is 2.04 bits per heavy atom. The van der Waals surface area contributed by atoms with Gasteiger partial charge in [-0.2, -0.15) is 0 Å². The van der Waals surface area contributed by atoms with Crippen molar-refractivity contribution < 1.29 is 4.79 Å². The lowest BCUT2D eigenvalue weighted by molar-refractivity contribution is 0.104. The number of rotatable bonds is 5. The molecule has 0 aliphatic rings. The fourth-order valence-corrected chi connectivity index (χ4v) is 2.84. The molecule has 1 N–H and O–H groups in total. The second-order valence-corrected chi connectivity index (χ2v) is 6.11. The average molecular weight is 378 g/mol. The first kappa shape index (κ1) is 16.2. The Morgan fingerprint density at radius 1 is 0.792 bits per heavy atom. The van der Waals surface area contributed by atoms with Crippen molar-refractivity contribution in [3.63, 3.8) is 0 Å². The zero-order chi connectivity index (χ0) is 16.8. The molecule has 0 radical (unpaired) electrons. The van der Waals surface area contributed by atoms with E-state index in [0.29, 0.717) is 5.56 Å². The zero-order valence-electron chi connectivity index (χ0n) is 12.9. The maximum atomic E-state index is 12.7. The summed E-state index contributed by atoms with van der Waals surface area (Å²) in [5, 5.41) is 3.34. The van der Waals surface area contributed by atoms with Crippen LogP contribution in [0.3, 0.4) is 0 Å². The standard InChI is InChI=1S/C21H16BrNO/c22-19-14-8-7-13-18(19)21(24)15-20(16-9-3-1-4-10-16)23-17-11-5-2-6-12-17/h1-15,23H/b20-15-. The Hall–Kier alpha value is -2.65. The lowest BCUT2D eigenvalue weighted by Gasteiger charge is -2.12. The highest BCUT2D eigenvalue weighted by Crippen LogP contribution is 2.22. The molecule has 0 aliphatic heterocycles. The first-order valence-corrected chi connectivity index (χ1v) is 8.41. The van der Waals surface area contributed by atoms with E-state index >= 15 is 0 Å². The topological polar surface area (TPSA) is 29.1 Å². The van der Waals surface area contributed by atoms with Crippen molar-refractivity contribution in [2.45, 2.75) is 0 Å². The number of carbonyl (C=O) groups is 1. The van der Waals surface area contributed by atoms with Crippen molar-refractivity contribution in [3.05, 3.63) is 107 Å². The molecule has 0 unspecified atom stereocenters.